The van der Waals surface area contributed by atoms with Gasteiger partial charge in [-0.3, -0.25) is 0 Å². The van der Waals surface area contributed by atoms with E-state index < -0.39 is 10.0 Å². The first kappa shape index (κ1) is 14.8. The number of ether oxygens (including phenoxy) is 1. The molecule has 0 radical (unpaired) electrons. The second kappa shape index (κ2) is 5.78. The molecule has 1 aromatic carbocycles. The van der Waals surface area contributed by atoms with E-state index in [4.69, 9.17) is 10.5 Å². The molecule has 6 nitrogen and oxygen atoms in total. The number of methoxy groups -OCH3 is 1. The molecule has 20 heavy (non-hydrogen) atoms. The van der Waals surface area contributed by atoms with E-state index in [-0.39, 0.29) is 15.9 Å². The normalized spacial score (nSPS) is 11.5. The van der Waals surface area contributed by atoms with Gasteiger partial charge in [0, 0.05) is 12.1 Å². The number of aromatic nitrogens is 1. The smallest absolute Gasteiger partial charge is 0.252 e. The number of hydrogen-bond acceptors (Lipinski definition) is 6. The summed E-state index contributed by atoms with van der Waals surface area (Å²) >= 11 is 0.951. The molecule has 0 aliphatic heterocycles. The molecule has 3 N–H and O–H groups in total. The number of sulfonamides is 1. The average Bonchev–Trinajstić information content (AvgIpc) is 2.76. The average molecular weight is 313 g/mol. The van der Waals surface area contributed by atoms with Gasteiger partial charge in [-0.25, -0.2) is 18.1 Å². The highest BCUT2D eigenvalue weighted by molar-refractivity contribution is 7.91. The van der Waals surface area contributed by atoms with E-state index in [1.54, 1.807) is 26.2 Å². The number of thiazole rings is 1. The van der Waals surface area contributed by atoms with Gasteiger partial charge in [0.05, 0.1) is 12.8 Å². The summed E-state index contributed by atoms with van der Waals surface area (Å²) in [6, 6.07) is 7.22. The number of hydrogen-bond donors (Lipinski definition) is 2. The Morgan fingerprint density at radius 1 is 1.40 bits per heavy atom. The molecule has 0 spiro atoms. The number of benzene rings is 1. The largest absolute Gasteiger partial charge is 0.496 e. The summed E-state index contributed by atoms with van der Waals surface area (Å²) < 4.78 is 32.3. The summed E-state index contributed by atoms with van der Waals surface area (Å²) in [5.41, 5.74) is 6.69. The zero-order valence-corrected chi connectivity index (χ0v) is 12.7. The van der Waals surface area contributed by atoms with Gasteiger partial charge in [-0.1, -0.05) is 29.5 Å². The van der Waals surface area contributed by atoms with Crippen molar-refractivity contribution in [2.24, 2.45) is 0 Å². The molecule has 0 fully saturated rings. The molecule has 0 amide bonds. The van der Waals surface area contributed by atoms with Gasteiger partial charge in [-0.15, -0.1) is 0 Å². The van der Waals surface area contributed by atoms with Crippen LogP contribution in [0.2, 0.25) is 0 Å². The molecule has 0 bridgehead atoms. The predicted octanol–water partition coefficient (Wildman–Crippen LogP) is 1.52. The first-order valence-corrected chi connectivity index (χ1v) is 8.08. The molecule has 8 heteroatoms. The standard InChI is InChI=1S/C12H15N3O3S2/c1-8-11(19-12(13)15-8)20(16,17)14-7-9-5-3-4-6-10(9)18-2/h3-6,14H,7H2,1-2H3,(H2,13,15). The molecular formula is C12H15N3O3S2. The number of nitrogens with two attached hydrogens (primary N) is 1. The molecule has 1 heterocycles. The van der Waals surface area contributed by atoms with Crippen LogP contribution in [0.25, 0.3) is 0 Å². The van der Waals surface area contributed by atoms with Crippen molar-refractivity contribution in [2.75, 3.05) is 12.8 Å². The van der Waals surface area contributed by atoms with Crippen LogP contribution in [0.5, 0.6) is 5.75 Å². The van der Waals surface area contributed by atoms with Gasteiger partial charge in [-0.2, -0.15) is 0 Å². The van der Waals surface area contributed by atoms with E-state index in [9.17, 15) is 8.42 Å². The van der Waals surface area contributed by atoms with Crippen molar-refractivity contribution in [3.8, 4) is 5.75 Å². The van der Waals surface area contributed by atoms with Crippen LogP contribution in [0.15, 0.2) is 28.5 Å². The fourth-order valence-corrected chi connectivity index (χ4v) is 4.09. The van der Waals surface area contributed by atoms with Crippen LogP contribution in [-0.4, -0.2) is 20.5 Å². The summed E-state index contributed by atoms with van der Waals surface area (Å²) in [6.07, 6.45) is 0. The number of anilines is 1. The Hall–Kier alpha value is -1.64. The first-order valence-electron chi connectivity index (χ1n) is 5.78. The number of aryl methyl sites for hydroxylation is 1. The molecule has 2 aromatic rings. The molecule has 0 saturated heterocycles. The Bertz CT molecular complexity index is 710. The van der Waals surface area contributed by atoms with Gasteiger partial charge in [0.2, 0.25) is 0 Å². The predicted molar refractivity (Wildman–Crippen MR) is 78.3 cm³/mol. The summed E-state index contributed by atoms with van der Waals surface area (Å²) in [5, 5.41) is 0.236. The fraction of sp³-hybridized carbons (Fsp3) is 0.250. The third-order valence-corrected chi connectivity index (χ3v) is 5.66. The highest BCUT2D eigenvalue weighted by Crippen LogP contribution is 2.25. The molecule has 0 unspecified atom stereocenters. The van der Waals surface area contributed by atoms with Crippen molar-refractivity contribution in [3.63, 3.8) is 0 Å². The van der Waals surface area contributed by atoms with Gasteiger partial charge < -0.3 is 10.5 Å². The summed E-state index contributed by atoms with van der Waals surface area (Å²) in [5.74, 6) is 0.635. The summed E-state index contributed by atoms with van der Waals surface area (Å²) in [7, 11) is -2.08. The fourth-order valence-electron chi connectivity index (χ4n) is 1.74. The summed E-state index contributed by atoms with van der Waals surface area (Å²) in [6.45, 7) is 1.76. The second-order valence-corrected chi connectivity index (χ2v) is 7.05. The maximum absolute atomic E-state index is 12.2. The van der Waals surface area contributed by atoms with Crippen LogP contribution in [0, 0.1) is 6.92 Å². The van der Waals surface area contributed by atoms with Crippen LogP contribution in [0.4, 0.5) is 5.13 Å². The Morgan fingerprint density at radius 3 is 2.70 bits per heavy atom. The maximum Gasteiger partial charge on any atom is 0.252 e. The molecule has 2 rings (SSSR count). The minimum atomic E-state index is -3.62. The number of rotatable bonds is 5. The SMILES string of the molecule is COc1ccccc1CNS(=O)(=O)c1sc(N)nc1C. The second-order valence-electron chi connectivity index (χ2n) is 4.06. The van der Waals surface area contributed by atoms with E-state index in [0.29, 0.717) is 11.4 Å². The minimum Gasteiger partial charge on any atom is -0.496 e. The van der Waals surface area contributed by atoms with Crippen molar-refractivity contribution in [1.29, 1.82) is 0 Å². The molecular weight excluding hydrogens is 298 g/mol. The van der Waals surface area contributed by atoms with Crippen molar-refractivity contribution in [2.45, 2.75) is 17.7 Å². The van der Waals surface area contributed by atoms with E-state index in [1.807, 2.05) is 12.1 Å². The summed E-state index contributed by atoms with van der Waals surface area (Å²) in [4.78, 5) is 3.92. The van der Waals surface area contributed by atoms with Crippen molar-refractivity contribution >= 4 is 26.5 Å². The molecule has 108 valence electrons. The lowest BCUT2D eigenvalue weighted by Crippen LogP contribution is -2.23. The molecule has 0 aliphatic rings. The van der Waals surface area contributed by atoms with Gasteiger partial charge >= 0.3 is 0 Å². The van der Waals surface area contributed by atoms with Gasteiger partial charge in [0.15, 0.2) is 9.34 Å². The topological polar surface area (TPSA) is 94.3 Å². The number of para-hydroxylation sites is 1. The zero-order valence-electron chi connectivity index (χ0n) is 11.1. The van der Waals surface area contributed by atoms with Crippen LogP contribution >= 0.6 is 11.3 Å². The number of nitrogens with zero attached hydrogens (tertiary/aromatic N) is 1. The van der Waals surface area contributed by atoms with Crippen molar-refractivity contribution < 1.29 is 13.2 Å². The monoisotopic (exact) mass is 313 g/mol. The number of nitrogens with one attached hydrogen (secondary N) is 1. The first-order chi connectivity index (χ1) is 9.44. The third-order valence-electron chi connectivity index (χ3n) is 2.66. The molecule has 0 saturated carbocycles. The van der Waals surface area contributed by atoms with E-state index in [1.165, 1.54) is 0 Å². The van der Waals surface area contributed by atoms with Crippen molar-refractivity contribution in [3.05, 3.63) is 35.5 Å². The van der Waals surface area contributed by atoms with E-state index >= 15 is 0 Å². The highest BCUT2D eigenvalue weighted by atomic mass is 32.2. The molecule has 1 aromatic heterocycles. The lowest BCUT2D eigenvalue weighted by molar-refractivity contribution is 0.409. The van der Waals surface area contributed by atoms with Crippen LogP contribution in [-0.2, 0) is 16.6 Å². The Morgan fingerprint density at radius 2 is 2.10 bits per heavy atom. The van der Waals surface area contributed by atoms with Crippen LogP contribution in [0.1, 0.15) is 11.3 Å². The Labute approximate surface area is 121 Å². The lowest BCUT2D eigenvalue weighted by atomic mass is 10.2. The zero-order chi connectivity index (χ0) is 14.8. The van der Waals surface area contributed by atoms with Gasteiger partial charge in [-0.05, 0) is 13.0 Å². The van der Waals surface area contributed by atoms with Crippen LogP contribution < -0.4 is 15.2 Å². The van der Waals surface area contributed by atoms with E-state index in [0.717, 1.165) is 16.9 Å². The van der Waals surface area contributed by atoms with Crippen LogP contribution in [0.3, 0.4) is 0 Å². The Balaban J connectivity index is 2.20. The minimum absolute atomic E-state index is 0.142. The quantitative estimate of drug-likeness (QED) is 0.873. The maximum atomic E-state index is 12.2. The molecule has 0 aliphatic carbocycles. The lowest BCUT2D eigenvalue weighted by Gasteiger charge is -2.09. The Kier molecular flexibility index (Phi) is 4.26. The number of nitrogen functional groups attached to an aromatic ring is 1. The van der Waals surface area contributed by atoms with Gasteiger partial charge in [0.25, 0.3) is 10.0 Å². The van der Waals surface area contributed by atoms with Crippen molar-refractivity contribution in [1.82, 2.24) is 9.71 Å². The van der Waals surface area contributed by atoms with Gasteiger partial charge in [0.1, 0.15) is 5.75 Å². The molecule has 0 atom stereocenters. The van der Waals surface area contributed by atoms with E-state index in [2.05, 4.69) is 9.71 Å². The highest BCUT2D eigenvalue weighted by Gasteiger charge is 2.21. The third kappa shape index (κ3) is 3.09.